The molecule has 1 aromatic carbocycles. The smallest absolute Gasteiger partial charge is 0.363 e. The number of rotatable bonds is 4. The number of guanidine groups is 1. The number of benzene rings is 1. The Bertz CT molecular complexity index is 870. The van der Waals surface area contributed by atoms with E-state index in [1.165, 1.54) is 13.2 Å². The maximum atomic E-state index is 12.7. The molecule has 11 heteroatoms. The predicted molar refractivity (Wildman–Crippen MR) is 100 cm³/mol. The van der Waals surface area contributed by atoms with E-state index in [4.69, 9.17) is 4.74 Å². The van der Waals surface area contributed by atoms with Crippen molar-refractivity contribution in [3.63, 3.8) is 0 Å². The molecule has 1 heterocycles. The Morgan fingerprint density at radius 3 is 2.38 bits per heavy atom. The second-order valence-corrected chi connectivity index (χ2v) is 7.08. The molecule has 0 bridgehead atoms. The highest BCUT2D eigenvalue weighted by Gasteiger charge is 2.30. The Balaban J connectivity index is 2.19. The first-order valence-corrected chi connectivity index (χ1v) is 8.51. The van der Waals surface area contributed by atoms with Crippen molar-refractivity contribution in [3.8, 4) is 0 Å². The van der Waals surface area contributed by atoms with E-state index in [9.17, 15) is 23.1 Å². The molecule has 1 unspecified atom stereocenters. The van der Waals surface area contributed by atoms with E-state index >= 15 is 0 Å². The molecule has 0 aliphatic rings. The number of aliphatic hydroxyl groups is 1. The quantitative estimate of drug-likeness (QED) is 0.350. The number of anilines is 1. The van der Waals surface area contributed by atoms with Crippen LogP contribution in [0.3, 0.4) is 0 Å². The second kappa shape index (κ2) is 8.62. The average molecular weight is 413 g/mol. The van der Waals surface area contributed by atoms with Crippen LogP contribution in [0.4, 0.5) is 19.0 Å². The number of carbonyl (C=O) groups is 1. The first-order valence-electron chi connectivity index (χ1n) is 8.51. The molecule has 0 saturated heterocycles. The van der Waals surface area contributed by atoms with Gasteiger partial charge in [0, 0.05) is 18.7 Å². The van der Waals surface area contributed by atoms with E-state index in [1.54, 1.807) is 20.8 Å². The van der Waals surface area contributed by atoms with Crippen LogP contribution in [0.5, 0.6) is 0 Å². The number of halogens is 3. The SMILES string of the molecule is COC(O)c1cc(NC(=NC(C)(C)C)NC(=O)c2ccc(C(F)(F)F)cc2)n[nH]1. The summed E-state index contributed by atoms with van der Waals surface area (Å²) in [6.45, 7) is 5.39. The lowest BCUT2D eigenvalue weighted by Gasteiger charge is -2.17. The maximum Gasteiger partial charge on any atom is 0.416 e. The highest BCUT2D eigenvalue weighted by atomic mass is 19.4. The summed E-state index contributed by atoms with van der Waals surface area (Å²) in [4.78, 5) is 16.8. The fraction of sp³-hybridized carbons (Fsp3) is 0.389. The van der Waals surface area contributed by atoms with Crippen LogP contribution in [0.1, 0.15) is 48.7 Å². The van der Waals surface area contributed by atoms with Gasteiger partial charge in [-0.1, -0.05) is 0 Å². The third-order valence-corrected chi connectivity index (χ3v) is 3.49. The number of nitrogens with one attached hydrogen (secondary N) is 3. The average Bonchev–Trinajstić information content (AvgIpc) is 3.07. The molecule has 1 atom stereocenters. The van der Waals surface area contributed by atoms with Crippen LogP contribution < -0.4 is 10.6 Å². The molecule has 0 aliphatic heterocycles. The van der Waals surface area contributed by atoms with Gasteiger partial charge in [0.2, 0.25) is 5.96 Å². The Hall–Kier alpha value is -2.92. The normalized spacial score (nSPS) is 13.9. The van der Waals surface area contributed by atoms with Gasteiger partial charge in [-0.3, -0.25) is 15.2 Å². The molecule has 2 aromatic rings. The van der Waals surface area contributed by atoms with Crippen molar-refractivity contribution < 1.29 is 27.8 Å². The van der Waals surface area contributed by atoms with Gasteiger partial charge in [0.1, 0.15) is 0 Å². The minimum absolute atomic E-state index is 0.0268. The first kappa shape index (κ1) is 22.4. The van der Waals surface area contributed by atoms with Gasteiger partial charge in [0.15, 0.2) is 12.1 Å². The molecular formula is C18H22F3N5O3. The lowest BCUT2D eigenvalue weighted by atomic mass is 10.1. The lowest BCUT2D eigenvalue weighted by molar-refractivity contribution is -0.137. The number of aromatic amines is 1. The topological polar surface area (TPSA) is 112 Å². The van der Waals surface area contributed by atoms with E-state index in [1.807, 2.05) is 0 Å². The molecule has 0 aliphatic carbocycles. The summed E-state index contributed by atoms with van der Waals surface area (Å²) in [5, 5.41) is 21.5. The van der Waals surface area contributed by atoms with Crippen molar-refractivity contribution in [2.45, 2.75) is 38.8 Å². The molecule has 29 heavy (non-hydrogen) atoms. The van der Waals surface area contributed by atoms with Crippen molar-refractivity contribution in [3.05, 3.63) is 47.2 Å². The van der Waals surface area contributed by atoms with Crippen molar-refractivity contribution in [1.82, 2.24) is 15.5 Å². The zero-order valence-electron chi connectivity index (χ0n) is 16.3. The van der Waals surface area contributed by atoms with Crippen LogP contribution in [-0.4, -0.2) is 39.8 Å². The minimum atomic E-state index is -4.49. The highest BCUT2D eigenvalue weighted by molar-refractivity contribution is 6.09. The number of aliphatic imine (C=N–C) groups is 1. The summed E-state index contributed by atoms with van der Waals surface area (Å²) in [5.74, 6) is -0.374. The third kappa shape index (κ3) is 6.57. The second-order valence-electron chi connectivity index (χ2n) is 7.08. The van der Waals surface area contributed by atoms with Crippen LogP contribution in [0.25, 0.3) is 0 Å². The summed E-state index contributed by atoms with van der Waals surface area (Å²) in [7, 11) is 1.31. The molecule has 2 rings (SSSR count). The Morgan fingerprint density at radius 2 is 1.86 bits per heavy atom. The van der Waals surface area contributed by atoms with Crippen molar-refractivity contribution in [2.75, 3.05) is 12.4 Å². The Kier molecular flexibility index (Phi) is 6.65. The van der Waals surface area contributed by atoms with Crippen LogP contribution in [-0.2, 0) is 10.9 Å². The number of amides is 1. The van der Waals surface area contributed by atoms with E-state index in [-0.39, 0.29) is 23.0 Å². The molecule has 0 saturated carbocycles. The predicted octanol–water partition coefficient (Wildman–Crippen LogP) is 3.06. The fourth-order valence-corrected chi connectivity index (χ4v) is 2.19. The number of aromatic nitrogens is 2. The van der Waals surface area contributed by atoms with Gasteiger partial charge in [-0.2, -0.15) is 18.3 Å². The van der Waals surface area contributed by atoms with Crippen molar-refractivity contribution in [1.29, 1.82) is 0 Å². The number of hydrogen-bond acceptors (Lipinski definition) is 5. The fourth-order valence-electron chi connectivity index (χ4n) is 2.19. The molecule has 0 spiro atoms. The van der Waals surface area contributed by atoms with Crippen LogP contribution in [0, 0.1) is 0 Å². The monoisotopic (exact) mass is 413 g/mol. The van der Waals surface area contributed by atoms with Gasteiger partial charge in [-0.25, -0.2) is 4.99 Å². The van der Waals surface area contributed by atoms with E-state index in [2.05, 4.69) is 25.8 Å². The highest BCUT2D eigenvalue weighted by Crippen LogP contribution is 2.29. The molecule has 1 amide bonds. The minimum Gasteiger partial charge on any atom is -0.363 e. The van der Waals surface area contributed by atoms with Crippen LogP contribution in [0.15, 0.2) is 35.3 Å². The standard InChI is InChI=1S/C18H22F3N5O3/c1-17(2,3)24-16(22-13-9-12(25-26-13)15(28)29-4)23-14(27)10-5-7-11(8-6-10)18(19,20)21/h5-9,15,28H,1-4H3,(H3,22,23,24,25,26,27). The number of methoxy groups -OCH3 is 1. The number of aliphatic hydroxyl groups excluding tert-OH is 1. The zero-order chi connectivity index (χ0) is 21.8. The molecule has 158 valence electrons. The molecule has 4 N–H and O–H groups in total. The van der Waals surface area contributed by atoms with Crippen LogP contribution in [0.2, 0.25) is 0 Å². The molecule has 8 nitrogen and oxygen atoms in total. The van der Waals surface area contributed by atoms with Crippen LogP contribution >= 0.6 is 0 Å². The van der Waals surface area contributed by atoms with E-state index in [0.29, 0.717) is 0 Å². The van der Waals surface area contributed by atoms with Crippen molar-refractivity contribution in [2.24, 2.45) is 4.99 Å². The first-order chi connectivity index (χ1) is 13.4. The van der Waals surface area contributed by atoms with Gasteiger partial charge in [0.05, 0.1) is 16.8 Å². The third-order valence-electron chi connectivity index (χ3n) is 3.49. The summed E-state index contributed by atoms with van der Waals surface area (Å²) < 4.78 is 42.8. The van der Waals surface area contributed by atoms with Gasteiger partial charge >= 0.3 is 6.18 Å². The lowest BCUT2D eigenvalue weighted by Crippen LogP contribution is -2.38. The zero-order valence-corrected chi connectivity index (χ0v) is 16.3. The number of hydrogen-bond donors (Lipinski definition) is 4. The number of carbonyl (C=O) groups excluding carboxylic acids is 1. The molecule has 0 fully saturated rings. The Labute approximate surface area is 165 Å². The van der Waals surface area contributed by atoms with Crippen molar-refractivity contribution >= 4 is 17.7 Å². The number of ether oxygens (including phenoxy) is 1. The summed E-state index contributed by atoms with van der Waals surface area (Å²) in [5.41, 5.74) is -1.13. The largest absolute Gasteiger partial charge is 0.416 e. The van der Waals surface area contributed by atoms with E-state index in [0.717, 1.165) is 24.3 Å². The number of nitrogens with zero attached hydrogens (tertiary/aromatic N) is 2. The van der Waals surface area contributed by atoms with Gasteiger partial charge in [0.25, 0.3) is 5.91 Å². The Morgan fingerprint density at radius 1 is 1.24 bits per heavy atom. The summed E-state index contributed by atoms with van der Waals surface area (Å²) in [6, 6.07) is 5.27. The maximum absolute atomic E-state index is 12.7. The summed E-state index contributed by atoms with van der Waals surface area (Å²) >= 11 is 0. The molecule has 0 radical (unpaired) electrons. The van der Waals surface area contributed by atoms with Gasteiger partial charge in [-0.05, 0) is 45.0 Å². The summed E-state index contributed by atoms with van der Waals surface area (Å²) in [6.07, 6.45) is -5.69. The number of H-pyrrole nitrogens is 1. The molecular weight excluding hydrogens is 391 g/mol. The molecule has 1 aromatic heterocycles. The van der Waals surface area contributed by atoms with Gasteiger partial charge in [-0.15, -0.1) is 0 Å². The van der Waals surface area contributed by atoms with E-state index < -0.39 is 29.5 Å². The van der Waals surface area contributed by atoms with Gasteiger partial charge < -0.3 is 15.2 Å². The number of alkyl halides is 3.